The molecule has 2 aromatic rings. The molecule has 0 bridgehead atoms. The maximum absolute atomic E-state index is 13.1. The summed E-state index contributed by atoms with van der Waals surface area (Å²) < 4.78 is 0. The summed E-state index contributed by atoms with van der Waals surface area (Å²) in [5.74, 6) is 1.10. The van der Waals surface area contributed by atoms with Gasteiger partial charge in [-0.3, -0.25) is 4.79 Å². The number of anilines is 1. The SMILES string of the molecule is O=C(c1cccnc1SC1CCCC1)N1CCN(c2ccccn2)CC1. The fourth-order valence-corrected chi connectivity index (χ4v) is 4.95. The molecular formula is C20H24N4OS. The van der Waals surface area contributed by atoms with E-state index in [1.54, 1.807) is 18.0 Å². The molecule has 2 aliphatic rings. The Bertz CT molecular complexity index is 740. The third-order valence-electron chi connectivity index (χ3n) is 5.12. The normalized spacial score (nSPS) is 18.3. The second-order valence-electron chi connectivity index (χ2n) is 6.85. The van der Waals surface area contributed by atoms with Crippen LogP contribution in [0.4, 0.5) is 5.82 Å². The Kier molecular flexibility index (Phi) is 5.39. The molecule has 0 radical (unpaired) electrons. The number of thioether (sulfide) groups is 1. The highest BCUT2D eigenvalue weighted by Gasteiger charge is 2.26. The van der Waals surface area contributed by atoms with E-state index in [1.807, 2.05) is 41.4 Å². The first kappa shape index (κ1) is 17.3. The molecule has 136 valence electrons. The summed E-state index contributed by atoms with van der Waals surface area (Å²) in [5.41, 5.74) is 0.760. The average Bonchev–Trinajstić information content (AvgIpc) is 3.22. The minimum atomic E-state index is 0.110. The monoisotopic (exact) mass is 368 g/mol. The molecule has 2 fully saturated rings. The zero-order chi connectivity index (χ0) is 17.8. The Balaban J connectivity index is 1.42. The maximum Gasteiger partial charge on any atom is 0.256 e. The molecule has 0 unspecified atom stereocenters. The number of amides is 1. The van der Waals surface area contributed by atoms with E-state index in [0.29, 0.717) is 5.25 Å². The first-order chi connectivity index (χ1) is 12.8. The molecule has 1 aliphatic heterocycles. The number of piperazine rings is 1. The Morgan fingerprint density at radius 1 is 0.962 bits per heavy atom. The van der Waals surface area contributed by atoms with Crippen LogP contribution in [-0.4, -0.2) is 52.2 Å². The van der Waals surface area contributed by atoms with Gasteiger partial charge in [-0.05, 0) is 37.1 Å². The van der Waals surface area contributed by atoms with Crippen molar-refractivity contribution in [2.75, 3.05) is 31.1 Å². The largest absolute Gasteiger partial charge is 0.353 e. The third kappa shape index (κ3) is 3.85. The van der Waals surface area contributed by atoms with Crippen LogP contribution in [0.2, 0.25) is 0 Å². The summed E-state index contributed by atoms with van der Waals surface area (Å²) in [7, 11) is 0. The Morgan fingerprint density at radius 3 is 2.46 bits per heavy atom. The topological polar surface area (TPSA) is 49.3 Å². The van der Waals surface area contributed by atoms with Crippen LogP contribution >= 0.6 is 11.8 Å². The van der Waals surface area contributed by atoms with Gasteiger partial charge in [0.2, 0.25) is 0 Å². The number of hydrogen-bond donors (Lipinski definition) is 0. The third-order valence-corrected chi connectivity index (χ3v) is 6.48. The number of nitrogens with zero attached hydrogens (tertiary/aromatic N) is 4. The van der Waals surface area contributed by atoms with Crippen LogP contribution in [0.25, 0.3) is 0 Å². The predicted octanol–water partition coefficient (Wildman–Crippen LogP) is 3.47. The fourth-order valence-electron chi connectivity index (χ4n) is 3.66. The summed E-state index contributed by atoms with van der Waals surface area (Å²) in [6.07, 6.45) is 8.67. The smallest absolute Gasteiger partial charge is 0.256 e. The van der Waals surface area contributed by atoms with E-state index in [4.69, 9.17) is 0 Å². The van der Waals surface area contributed by atoms with Gasteiger partial charge in [-0.15, -0.1) is 11.8 Å². The van der Waals surface area contributed by atoms with Crippen molar-refractivity contribution in [1.82, 2.24) is 14.9 Å². The molecule has 6 heteroatoms. The van der Waals surface area contributed by atoms with Crippen molar-refractivity contribution in [2.24, 2.45) is 0 Å². The minimum Gasteiger partial charge on any atom is -0.353 e. The van der Waals surface area contributed by atoms with E-state index < -0.39 is 0 Å². The van der Waals surface area contributed by atoms with Crippen molar-refractivity contribution >= 4 is 23.5 Å². The van der Waals surface area contributed by atoms with Gasteiger partial charge in [-0.25, -0.2) is 9.97 Å². The van der Waals surface area contributed by atoms with Gasteiger partial charge in [0.15, 0.2) is 0 Å². The van der Waals surface area contributed by atoms with Gasteiger partial charge in [0, 0.05) is 43.8 Å². The zero-order valence-corrected chi connectivity index (χ0v) is 15.7. The lowest BCUT2D eigenvalue weighted by molar-refractivity contribution is 0.0742. The lowest BCUT2D eigenvalue weighted by Gasteiger charge is -2.35. The van der Waals surface area contributed by atoms with Crippen LogP contribution in [0.1, 0.15) is 36.0 Å². The van der Waals surface area contributed by atoms with Crippen molar-refractivity contribution in [3.8, 4) is 0 Å². The number of rotatable bonds is 4. The van der Waals surface area contributed by atoms with E-state index in [1.165, 1.54) is 25.7 Å². The quantitative estimate of drug-likeness (QED) is 0.827. The van der Waals surface area contributed by atoms with Gasteiger partial charge in [0.1, 0.15) is 10.8 Å². The van der Waals surface area contributed by atoms with Gasteiger partial charge in [-0.2, -0.15) is 0 Å². The summed E-state index contributed by atoms with van der Waals surface area (Å²) in [5, 5.41) is 1.51. The second kappa shape index (κ2) is 8.08. The summed E-state index contributed by atoms with van der Waals surface area (Å²) >= 11 is 1.79. The van der Waals surface area contributed by atoms with Gasteiger partial charge in [0.05, 0.1) is 5.56 Å². The van der Waals surface area contributed by atoms with Crippen LogP contribution in [0.3, 0.4) is 0 Å². The van der Waals surface area contributed by atoms with E-state index in [-0.39, 0.29) is 5.91 Å². The molecule has 0 N–H and O–H groups in total. The molecule has 2 aromatic heterocycles. The highest BCUT2D eigenvalue weighted by molar-refractivity contribution is 7.99. The van der Waals surface area contributed by atoms with Crippen LogP contribution in [0, 0.1) is 0 Å². The van der Waals surface area contributed by atoms with Crippen molar-refractivity contribution in [1.29, 1.82) is 0 Å². The number of hydrogen-bond acceptors (Lipinski definition) is 5. The number of aromatic nitrogens is 2. The van der Waals surface area contributed by atoms with Crippen LogP contribution in [0.5, 0.6) is 0 Å². The van der Waals surface area contributed by atoms with E-state index in [0.717, 1.165) is 42.6 Å². The van der Waals surface area contributed by atoms with Crippen molar-refractivity contribution < 1.29 is 4.79 Å². The van der Waals surface area contributed by atoms with Gasteiger partial charge in [-0.1, -0.05) is 18.9 Å². The number of carbonyl (C=O) groups excluding carboxylic acids is 1. The summed E-state index contributed by atoms with van der Waals surface area (Å²) in [4.78, 5) is 26.2. The Hall–Kier alpha value is -2.08. The van der Waals surface area contributed by atoms with Crippen LogP contribution in [-0.2, 0) is 0 Å². The first-order valence-electron chi connectivity index (χ1n) is 9.38. The maximum atomic E-state index is 13.1. The average molecular weight is 369 g/mol. The number of carbonyl (C=O) groups is 1. The molecule has 1 saturated carbocycles. The predicted molar refractivity (Wildman–Crippen MR) is 105 cm³/mol. The van der Waals surface area contributed by atoms with Gasteiger partial charge >= 0.3 is 0 Å². The second-order valence-corrected chi connectivity index (χ2v) is 8.14. The highest BCUT2D eigenvalue weighted by atomic mass is 32.2. The lowest BCUT2D eigenvalue weighted by Crippen LogP contribution is -2.49. The van der Waals surface area contributed by atoms with Gasteiger partial charge in [0.25, 0.3) is 5.91 Å². The molecule has 4 rings (SSSR count). The molecular weight excluding hydrogens is 344 g/mol. The number of pyridine rings is 2. The summed E-state index contributed by atoms with van der Waals surface area (Å²) in [6.45, 7) is 3.07. The standard InChI is InChI=1S/C20H24N4OS/c25-20(17-8-5-11-22-19(17)26-16-6-1-2-7-16)24-14-12-23(13-15-24)18-9-3-4-10-21-18/h3-5,8-11,16H,1-2,6-7,12-15H2. The Labute approximate surface area is 158 Å². The first-order valence-corrected chi connectivity index (χ1v) is 10.3. The molecule has 5 nitrogen and oxygen atoms in total. The molecule has 3 heterocycles. The molecule has 0 atom stereocenters. The lowest BCUT2D eigenvalue weighted by atomic mass is 10.2. The molecule has 26 heavy (non-hydrogen) atoms. The summed E-state index contributed by atoms with van der Waals surface area (Å²) in [6, 6.07) is 9.75. The van der Waals surface area contributed by atoms with Crippen molar-refractivity contribution in [3.63, 3.8) is 0 Å². The Morgan fingerprint density at radius 2 is 1.73 bits per heavy atom. The zero-order valence-electron chi connectivity index (χ0n) is 14.9. The van der Waals surface area contributed by atoms with E-state index >= 15 is 0 Å². The van der Waals surface area contributed by atoms with Crippen molar-refractivity contribution in [3.05, 3.63) is 48.3 Å². The molecule has 0 aromatic carbocycles. The molecule has 0 spiro atoms. The molecule has 1 amide bonds. The van der Waals surface area contributed by atoms with Crippen molar-refractivity contribution in [2.45, 2.75) is 36.0 Å². The van der Waals surface area contributed by atoms with Crippen LogP contribution in [0.15, 0.2) is 47.8 Å². The minimum absolute atomic E-state index is 0.110. The van der Waals surface area contributed by atoms with E-state index in [2.05, 4.69) is 14.9 Å². The molecule has 1 saturated heterocycles. The van der Waals surface area contributed by atoms with Gasteiger partial charge < -0.3 is 9.80 Å². The molecule has 1 aliphatic carbocycles. The van der Waals surface area contributed by atoms with Crippen LogP contribution < -0.4 is 4.90 Å². The fraction of sp³-hybridized carbons (Fsp3) is 0.450. The highest BCUT2D eigenvalue weighted by Crippen LogP contribution is 2.35. The van der Waals surface area contributed by atoms with E-state index in [9.17, 15) is 4.79 Å².